The van der Waals surface area contributed by atoms with Crippen molar-refractivity contribution < 1.29 is 18.6 Å². The number of ether oxygens (including phenoxy) is 1. The molecule has 1 unspecified atom stereocenters. The highest BCUT2D eigenvalue weighted by Crippen LogP contribution is 2.49. The van der Waals surface area contributed by atoms with Gasteiger partial charge in [-0.25, -0.2) is 13.5 Å². The number of rotatable bonds is 6. The fourth-order valence-corrected chi connectivity index (χ4v) is 6.84. The largest absolute Gasteiger partial charge is 0.385 e. The van der Waals surface area contributed by atoms with Gasteiger partial charge in [0, 0.05) is 48.5 Å². The molecule has 1 saturated carbocycles. The molecule has 7 rings (SSSR count). The predicted octanol–water partition coefficient (Wildman–Crippen LogP) is 6.21. The summed E-state index contributed by atoms with van der Waals surface area (Å²) in [6.07, 6.45) is 4.89. The van der Waals surface area contributed by atoms with Crippen molar-refractivity contribution in [3.63, 3.8) is 0 Å². The Kier molecular flexibility index (Phi) is 6.21. The second-order valence-corrected chi connectivity index (χ2v) is 11.8. The Hall–Kier alpha value is -3.69. The number of fused-ring (bicyclic) bond motifs is 3. The Morgan fingerprint density at radius 1 is 1.07 bits per heavy atom. The first-order chi connectivity index (χ1) is 19.8. The van der Waals surface area contributed by atoms with Crippen LogP contribution in [0.3, 0.4) is 0 Å². The number of aryl methyl sites for hydroxylation is 2. The van der Waals surface area contributed by atoms with E-state index in [2.05, 4.69) is 10.3 Å². The minimum Gasteiger partial charge on any atom is -0.385 e. The Labute approximate surface area is 236 Å². The second-order valence-electron chi connectivity index (χ2n) is 11.8. The Bertz CT molecular complexity index is 1760. The molecule has 1 aliphatic carbocycles. The van der Waals surface area contributed by atoms with Crippen LogP contribution in [-0.2, 0) is 17.4 Å². The molecule has 0 bridgehead atoms. The van der Waals surface area contributed by atoms with Crippen molar-refractivity contribution in [2.75, 3.05) is 13.2 Å². The number of halogens is 2. The molecule has 0 spiro atoms. The van der Waals surface area contributed by atoms with Crippen LogP contribution >= 0.6 is 0 Å². The molecule has 2 aromatic carbocycles. The number of aromatic nitrogens is 5. The van der Waals surface area contributed by atoms with Crippen LogP contribution in [0.2, 0.25) is 0 Å². The van der Waals surface area contributed by atoms with Crippen LogP contribution in [0, 0.1) is 30.4 Å². The molecule has 212 valence electrons. The maximum absolute atomic E-state index is 16.9. The number of nitrogens with zero attached hydrogens (tertiary/aromatic N) is 5. The minimum atomic E-state index is -1.30. The zero-order valence-electron chi connectivity index (χ0n) is 23.4. The lowest BCUT2D eigenvalue weighted by Crippen LogP contribution is -2.28. The third-order valence-corrected chi connectivity index (χ3v) is 9.14. The summed E-state index contributed by atoms with van der Waals surface area (Å²) >= 11 is 0. The zero-order chi connectivity index (χ0) is 28.5. The van der Waals surface area contributed by atoms with Gasteiger partial charge < -0.3 is 14.4 Å². The maximum atomic E-state index is 16.9. The molecule has 2 fully saturated rings. The van der Waals surface area contributed by atoms with Gasteiger partial charge in [-0.2, -0.15) is 0 Å². The summed E-state index contributed by atoms with van der Waals surface area (Å²) in [6, 6.07) is 11.8. The third-order valence-electron chi connectivity index (χ3n) is 9.14. The molecule has 0 radical (unpaired) electrons. The molecule has 1 aliphatic heterocycles. The SMILES string of the molecule is Cc1nnn(C)c1-c1cnc2c3ccc(C(C)(O)C4CC4)c(F)c3n([C@H](c3ccccc3F)C3CCOCC3)c2c1. The third kappa shape index (κ3) is 4.16. The van der Waals surface area contributed by atoms with E-state index in [4.69, 9.17) is 9.72 Å². The second kappa shape index (κ2) is 9.70. The molecule has 7 nitrogen and oxygen atoms in total. The molecule has 41 heavy (non-hydrogen) atoms. The molecule has 5 aromatic rings. The van der Waals surface area contributed by atoms with Crippen molar-refractivity contribution >= 4 is 21.9 Å². The standard InChI is InChI=1S/C32H33F2N5O2/c1-18-29(38(3)37-36-18)20-16-26-28(35-17-20)23-10-11-24(32(2,40)21-8-9-21)27(34)31(23)39(26)30(19-12-14-41-15-13-19)22-6-4-5-7-25(22)33/h4-7,10-11,16-17,19,21,30,40H,8-9,12-15H2,1-3H3/t30-,32?/m0/s1. The van der Waals surface area contributed by atoms with Crippen molar-refractivity contribution in [1.82, 2.24) is 24.5 Å². The summed E-state index contributed by atoms with van der Waals surface area (Å²) in [5, 5.41) is 20.5. The van der Waals surface area contributed by atoms with Crippen molar-refractivity contribution in [1.29, 1.82) is 0 Å². The van der Waals surface area contributed by atoms with E-state index < -0.39 is 17.5 Å². The molecule has 3 aromatic heterocycles. The van der Waals surface area contributed by atoms with E-state index in [1.165, 1.54) is 6.07 Å². The molecule has 2 aliphatic rings. The molecule has 1 N–H and O–H groups in total. The lowest BCUT2D eigenvalue weighted by atomic mass is 9.86. The Morgan fingerprint density at radius 2 is 1.83 bits per heavy atom. The quantitative estimate of drug-likeness (QED) is 0.269. The minimum absolute atomic E-state index is 0.00443. The van der Waals surface area contributed by atoms with Crippen LogP contribution in [0.5, 0.6) is 0 Å². The monoisotopic (exact) mass is 557 g/mol. The summed E-state index contributed by atoms with van der Waals surface area (Å²) < 4.78 is 41.9. The van der Waals surface area contributed by atoms with Crippen LogP contribution in [0.1, 0.15) is 55.5 Å². The van der Waals surface area contributed by atoms with Crippen LogP contribution in [0.15, 0.2) is 48.7 Å². The summed E-state index contributed by atoms with van der Waals surface area (Å²) in [5.41, 5.74) is 3.47. The van der Waals surface area contributed by atoms with Gasteiger partial charge in [-0.3, -0.25) is 4.98 Å². The zero-order valence-corrected chi connectivity index (χ0v) is 23.4. The average molecular weight is 558 g/mol. The van der Waals surface area contributed by atoms with Gasteiger partial charge in [0.15, 0.2) is 5.82 Å². The average Bonchev–Trinajstić information content (AvgIpc) is 3.72. The summed E-state index contributed by atoms with van der Waals surface area (Å²) in [5.74, 6) is -0.813. The van der Waals surface area contributed by atoms with E-state index in [-0.39, 0.29) is 23.2 Å². The first-order valence-electron chi connectivity index (χ1n) is 14.3. The van der Waals surface area contributed by atoms with E-state index in [0.717, 1.165) is 29.8 Å². The topological polar surface area (TPSA) is 78.0 Å². The van der Waals surface area contributed by atoms with Crippen LogP contribution in [-0.4, -0.2) is 42.9 Å². The fraction of sp³-hybridized carbons (Fsp3) is 0.406. The molecular formula is C32H33F2N5O2. The Balaban J connectivity index is 1.58. The molecular weight excluding hydrogens is 524 g/mol. The number of hydrogen-bond donors (Lipinski definition) is 1. The van der Waals surface area contributed by atoms with Gasteiger partial charge in [-0.05, 0) is 63.5 Å². The first-order valence-corrected chi connectivity index (χ1v) is 14.3. The Morgan fingerprint density at radius 3 is 2.51 bits per heavy atom. The summed E-state index contributed by atoms with van der Waals surface area (Å²) in [7, 11) is 1.82. The van der Waals surface area contributed by atoms with Crippen LogP contribution in [0.4, 0.5) is 8.78 Å². The molecule has 4 heterocycles. The number of hydrogen-bond acceptors (Lipinski definition) is 5. The highest BCUT2D eigenvalue weighted by molar-refractivity contribution is 6.07. The summed E-state index contributed by atoms with van der Waals surface area (Å²) in [4.78, 5) is 4.85. The van der Waals surface area contributed by atoms with E-state index in [1.54, 1.807) is 36.0 Å². The fourth-order valence-electron chi connectivity index (χ4n) is 6.84. The van der Waals surface area contributed by atoms with Gasteiger partial charge >= 0.3 is 0 Å². The van der Waals surface area contributed by atoms with E-state index >= 15 is 8.78 Å². The first kappa shape index (κ1) is 26.2. The molecule has 1 saturated heterocycles. The van der Waals surface area contributed by atoms with Crippen LogP contribution in [0.25, 0.3) is 33.2 Å². The number of aliphatic hydroxyl groups is 1. The molecule has 9 heteroatoms. The lowest BCUT2D eigenvalue weighted by molar-refractivity contribution is 0.0297. The van der Waals surface area contributed by atoms with Gasteiger partial charge in [0.25, 0.3) is 0 Å². The van der Waals surface area contributed by atoms with E-state index in [9.17, 15) is 5.11 Å². The van der Waals surface area contributed by atoms with Crippen molar-refractivity contribution in [3.8, 4) is 11.3 Å². The van der Waals surface area contributed by atoms with Crippen molar-refractivity contribution in [3.05, 3.63) is 77.1 Å². The lowest BCUT2D eigenvalue weighted by Gasteiger charge is -2.33. The maximum Gasteiger partial charge on any atom is 0.153 e. The highest BCUT2D eigenvalue weighted by atomic mass is 19.1. The molecule has 2 atom stereocenters. The number of benzene rings is 2. The van der Waals surface area contributed by atoms with Gasteiger partial charge in [0.1, 0.15) is 5.82 Å². The van der Waals surface area contributed by atoms with E-state index in [1.807, 2.05) is 36.7 Å². The number of pyridine rings is 1. The highest BCUT2D eigenvalue weighted by Gasteiger charge is 2.44. The van der Waals surface area contributed by atoms with Crippen molar-refractivity contribution in [2.24, 2.45) is 18.9 Å². The molecule has 0 amide bonds. The predicted molar refractivity (Wildman–Crippen MR) is 152 cm³/mol. The van der Waals surface area contributed by atoms with E-state index in [0.29, 0.717) is 53.6 Å². The van der Waals surface area contributed by atoms with Gasteiger partial charge in [0.2, 0.25) is 0 Å². The van der Waals surface area contributed by atoms with Gasteiger partial charge in [0.05, 0.1) is 39.6 Å². The van der Waals surface area contributed by atoms with Gasteiger partial charge in [-0.1, -0.05) is 35.5 Å². The van der Waals surface area contributed by atoms with Crippen LogP contribution < -0.4 is 0 Å². The summed E-state index contributed by atoms with van der Waals surface area (Å²) in [6.45, 7) is 4.70. The van der Waals surface area contributed by atoms with Crippen molar-refractivity contribution in [2.45, 2.75) is 51.2 Å². The smallest absolute Gasteiger partial charge is 0.153 e. The van der Waals surface area contributed by atoms with Gasteiger partial charge in [-0.15, -0.1) is 5.10 Å². The normalized spacial score (nSPS) is 18.7.